The summed E-state index contributed by atoms with van der Waals surface area (Å²) in [5.41, 5.74) is 2.65. The fourth-order valence-corrected chi connectivity index (χ4v) is 0.564. The molecule has 0 bridgehead atoms. The maximum absolute atomic E-state index is 5.22. The molecule has 2 nitrogen and oxygen atoms in total. The van der Waals surface area contributed by atoms with Crippen LogP contribution in [-0.4, -0.2) is 0 Å². The third-order valence-electron chi connectivity index (χ3n) is 0.992. The maximum atomic E-state index is 5.22. The molecule has 0 spiro atoms. The van der Waals surface area contributed by atoms with Crippen molar-refractivity contribution in [1.29, 1.82) is 0 Å². The summed E-state index contributed by atoms with van der Waals surface area (Å²) < 4.78 is 0. The second-order valence-corrected chi connectivity index (χ2v) is 1.58. The van der Waals surface area contributed by atoms with E-state index in [-0.39, 0.29) is 24.0 Å². The minimum Gasteiger partial charge on any atom is -1.00 e. The highest BCUT2D eigenvalue weighted by molar-refractivity contribution is 5.26. The van der Waals surface area contributed by atoms with Crippen LogP contribution in [-0.2, 0) is 0 Å². The summed E-state index contributed by atoms with van der Waals surface area (Å²) in [4.78, 5) is 0. The van der Waals surface area contributed by atoms with Gasteiger partial charge in [0.2, 0.25) is 0 Å². The average Bonchev–Trinajstić information content (AvgIpc) is 1.90. The van der Waals surface area contributed by atoms with Gasteiger partial charge in [0, 0.05) is 12.1 Å². The molecule has 9 heavy (non-hydrogen) atoms. The van der Waals surface area contributed by atoms with Crippen LogP contribution in [0.15, 0.2) is 30.3 Å². The van der Waals surface area contributed by atoms with Gasteiger partial charge in [0.25, 0.3) is 0 Å². The molecule has 0 aromatic heterocycles. The zero-order chi connectivity index (χ0) is 5.82. The fraction of sp³-hybridized carbons (Fsp3) is 0. The van der Waals surface area contributed by atoms with Crippen LogP contribution in [0.5, 0.6) is 0 Å². The maximum Gasteiger partial charge on any atom is 0.148 e. The van der Waals surface area contributed by atoms with E-state index in [0.717, 1.165) is 5.69 Å². The lowest BCUT2D eigenvalue weighted by atomic mass is 10.3. The molecule has 0 aliphatic rings. The summed E-state index contributed by atoms with van der Waals surface area (Å²) >= 11 is 0. The lowest BCUT2D eigenvalue weighted by Crippen LogP contribution is -3.00. The molecule has 0 saturated carbocycles. The van der Waals surface area contributed by atoms with E-state index in [1.807, 2.05) is 30.3 Å². The van der Waals surface area contributed by atoms with Crippen LogP contribution in [0.3, 0.4) is 0 Å². The van der Waals surface area contributed by atoms with Crippen molar-refractivity contribution in [1.82, 2.24) is 0 Å². The highest BCUT2D eigenvalue weighted by Crippen LogP contribution is 1.94. The van der Waals surface area contributed by atoms with E-state index in [1.54, 1.807) is 5.43 Å². The molecule has 1 aromatic carbocycles. The van der Waals surface area contributed by atoms with Crippen molar-refractivity contribution in [2.75, 3.05) is 0 Å². The summed E-state index contributed by atoms with van der Waals surface area (Å²) in [6.45, 7) is 0. The number of rotatable bonds is 1. The largest absolute Gasteiger partial charge is 1.00 e. The Bertz CT molecular complexity index is 152. The van der Waals surface area contributed by atoms with Crippen molar-refractivity contribution in [3.05, 3.63) is 30.3 Å². The van der Waals surface area contributed by atoms with Crippen molar-refractivity contribution in [3.63, 3.8) is 0 Å². The highest BCUT2D eigenvalue weighted by Gasteiger charge is 1.84. The smallest absolute Gasteiger partial charge is 0.148 e. The molecule has 0 aliphatic heterocycles. The third kappa shape index (κ3) is 2.78. The van der Waals surface area contributed by atoms with E-state index in [9.17, 15) is 0 Å². The molecule has 4 N–H and O–H groups in total. The summed E-state index contributed by atoms with van der Waals surface area (Å²) in [6, 6.07) is 9.80. The first kappa shape index (κ1) is 8.87. The lowest BCUT2D eigenvalue weighted by Gasteiger charge is -1.87. The van der Waals surface area contributed by atoms with Gasteiger partial charge in [-0.1, -0.05) is 18.2 Å². The lowest BCUT2D eigenvalue weighted by molar-refractivity contribution is -0.584. The zero-order valence-corrected chi connectivity index (χ0v) is 7.08. The van der Waals surface area contributed by atoms with Gasteiger partial charge in [-0.15, -0.1) is 0 Å². The second kappa shape index (κ2) is 4.72. The van der Waals surface area contributed by atoms with E-state index < -0.39 is 0 Å². The molecule has 0 amide bonds. The molecule has 1 aromatic rings. The standard InChI is InChI=1S/C6H8N2.HI/c7-8-6-4-2-1-3-5-6;/h1-5,8H,7H2;1H. The molecule has 0 aliphatic carbocycles. The monoisotopic (exact) mass is 236 g/mol. The van der Waals surface area contributed by atoms with Gasteiger partial charge in [0.05, 0.1) is 0 Å². The third-order valence-corrected chi connectivity index (χ3v) is 0.992. The summed E-state index contributed by atoms with van der Waals surface area (Å²) in [6.07, 6.45) is 0. The van der Waals surface area contributed by atoms with E-state index in [1.165, 1.54) is 0 Å². The Morgan fingerprint density at radius 1 is 1.11 bits per heavy atom. The topological polar surface area (TPSA) is 42.6 Å². The number of halogens is 1. The highest BCUT2D eigenvalue weighted by atomic mass is 127. The van der Waals surface area contributed by atoms with E-state index in [4.69, 9.17) is 5.84 Å². The Labute approximate surface area is 71.4 Å². The predicted octanol–water partition coefficient (Wildman–Crippen LogP) is -3.24. The molecule has 0 atom stereocenters. The molecule has 0 unspecified atom stereocenters. The van der Waals surface area contributed by atoms with Gasteiger partial charge in [-0.3, -0.25) is 0 Å². The molecule has 50 valence electrons. The van der Waals surface area contributed by atoms with E-state index >= 15 is 0 Å². The Hall–Kier alpha value is -0.130. The van der Waals surface area contributed by atoms with Crippen LogP contribution >= 0.6 is 0 Å². The Morgan fingerprint density at radius 2 is 1.67 bits per heavy atom. The second-order valence-electron chi connectivity index (χ2n) is 1.58. The van der Waals surface area contributed by atoms with Gasteiger partial charge in [0.1, 0.15) is 5.69 Å². The zero-order valence-electron chi connectivity index (χ0n) is 4.92. The van der Waals surface area contributed by atoms with Gasteiger partial charge >= 0.3 is 0 Å². The average molecular weight is 236 g/mol. The van der Waals surface area contributed by atoms with Gasteiger partial charge in [-0.05, 0) is 0 Å². The van der Waals surface area contributed by atoms with Crippen LogP contribution in [0, 0.1) is 0 Å². The number of quaternary nitrogens is 1. The SMILES string of the molecule is N[NH2+]c1ccccc1.[I-]. The quantitative estimate of drug-likeness (QED) is 0.229. The van der Waals surface area contributed by atoms with Crippen LogP contribution < -0.4 is 35.2 Å². The molecule has 0 fully saturated rings. The normalized spacial score (nSPS) is 8.11. The Balaban J connectivity index is 0.000000640. The first-order valence-corrected chi connectivity index (χ1v) is 2.53. The number of benzene rings is 1. The molecule has 1 rings (SSSR count). The molecule has 0 radical (unpaired) electrons. The first-order valence-electron chi connectivity index (χ1n) is 2.53. The van der Waals surface area contributed by atoms with Crippen LogP contribution in [0.4, 0.5) is 5.69 Å². The minimum atomic E-state index is 0. The molecular formula is C6H9IN2. The summed E-state index contributed by atoms with van der Waals surface area (Å²) in [5, 5.41) is 0. The van der Waals surface area contributed by atoms with Crippen molar-refractivity contribution < 1.29 is 29.4 Å². The Morgan fingerprint density at radius 3 is 2.00 bits per heavy atom. The summed E-state index contributed by atoms with van der Waals surface area (Å²) in [7, 11) is 0. The first-order chi connectivity index (χ1) is 3.93. The van der Waals surface area contributed by atoms with E-state index in [0.29, 0.717) is 0 Å². The van der Waals surface area contributed by atoms with Crippen molar-refractivity contribution >= 4 is 5.69 Å². The van der Waals surface area contributed by atoms with Crippen molar-refractivity contribution in [3.8, 4) is 0 Å². The molecule has 0 heterocycles. The van der Waals surface area contributed by atoms with Gasteiger partial charge in [-0.2, -0.15) is 5.84 Å². The number of nitrogens with two attached hydrogens (primary N) is 2. The van der Waals surface area contributed by atoms with Crippen molar-refractivity contribution in [2.24, 2.45) is 5.84 Å². The molecule has 0 saturated heterocycles. The van der Waals surface area contributed by atoms with E-state index in [2.05, 4.69) is 0 Å². The number of hydrogen-bond acceptors (Lipinski definition) is 1. The van der Waals surface area contributed by atoms with Crippen LogP contribution in [0.2, 0.25) is 0 Å². The Kier molecular flexibility index (Phi) is 4.65. The predicted molar refractivity (Wildman–Crippen MR) is 32.2 cm³/mol. The molecule has 3 heteroatoms. The summed E-state index contributed by atoms with van der Waals surface area (Å²) in [5.74, 6) is 5.22. The molecular weight excluding hydrogens is 227 g/mol. The van der Waals surface area contributed by atoms with Gasteiger partial charge in [-0.25, -0.2) is 5.43 Å². The minimum absolute atomic E-state index is 0. The van der Waals surface area contributed by atoms with Gasteiger partial charge < -0.3 is 24.0 Å². The number of hydrogen-bond donors (Lipinski definition) is 2. The van der Waals surface area contributed by atoms with Crippen LogP contribution in [0.25, 0.3) is 0 Å². The van der Waals surface area contributed by atoms with Crippen LogP contribution in [0.1, 0.15) is 0 Å². The van der Waals surface area contributed by atoms with Crippen molar-refractivity contribution in [2.45, 2.75) is 0 Å². The fourth-order valence-electron chi connectivity index (χ4n) is 0.564. The van der Waals surface area contributed by atoms with Gasteiger partial charge in [0.15, 0.2) is 0 Å².